The van der Waals surface area contributed by atoms with Gasteiger partial charge in [0, 0.05) is 44.6 Å². The molecule has 0 atom stereocenters. The summed E-state index contributed by atoms with van der Waals surface area (Å²) in [6, 6.07) is 13.4. The van der Waals surface area contributed by atoms with Gasteiger partial charge in [0.25, 0.3) is 5.91 Å². The molecular formula is C23H21ClFN3O3. The summed E-state index contributed by atoms with van der Waals surface area (Å²) in [5, 5.41) is 0.0873. The summed E-state index contributed by atoms with van der Waals surface area (Å²) in [6.07, 6.45) is 2.36. The van der Waals surface area contributed by atoms with E-state index in [4.69, 9.17) is 16.0 Å². The van der Waals surface area contributed by atoms with Crippen LogP contribution in [0.15, 0.2) is 59.1 Å². The van der Waals surface area contributed by atoms with Crippen molar-refractivity contribution in [2.75, 3.05) is 26.2 Å². The second-order valence-corrected chi connectivity index (χ2v) is 7.69. The molecule has 0 saturated carbocycles. The number of amides is 2. The smallest absolute Gasteiger partial charge is 0.255 e. The van der Waals surface area contributed by atoms with Crippen LogP contribution in [0.4, 0.5) is 4.39 Å². The Kier molecular flexibility index (Phi) is 6.32. The fraction of sp³-hybridized carbons (Fsp3) is 0.261. The standard InChI is InChI=1S/C23H21ClFN3O3/c24-19-14-17(25)6-7-18(19)23(30)28-12-10-27(11-13-28)22(29)9-8-21-26-15-20(31-21)16-4-2-1-3-5-16/h1-7,14-15H,8-13H2. The fourth-order valence-corrected chi connectivity index (χ4v) is 3.77. The van der Waals surface area contributed by atoms with Crippen molar-refractivity contribution < 1.29 is 18.4 Å². The summed E-state index contributed by atoms with van der Waals surface area (Å²) in [5.41, 5.74) is 1.20. The topological polar surface area (TPSA) is 66.7 Å². The first kappa shape index (κ1) is 21.1. The Labute approximate surface area is 184 Å². The molecule has 1 aliphatic heterocycles. The number of halogens is 2. The van der Waals surface area contributed by atoms with Gasteiger partial charge in [0.2, 0.25) is 5.91 Å². The number of hydrogen-bond acceptors (Lipinski definition) is 4. The molecule has 0 spiro atoms. The normalized spacial score (nSPS) is 14.0. The van der Waals surface area contributed by atoms with Crippen molar-refractivity contribution >= 4 is 23.4 Å². The third kappa shape index (κ3) is 4.94. The average molecular weight is 442 g/mol. The van der Waals surface area contributed by atoms with Gasteiger partial charge in [-0.2, -0.15) is 0 Å². The van der Waals surface area contributed by atoms with E-state index in [1.165, 1.54) is 12.1 Å². The summed E-state index contributed by atoms with van der Waals surface area (Å²) in [4.78, 5) is 32.8. The van der Waals surface area contributed by atoms with E-state index in [0.29, 0.717) is 44.3 Å². The molecule has 1 aliphatic rings. The highest BCUT2D eigenvalue weighted by molar-refractivity contribution is 6.33. The number of hydrogen-bond donors (Lipinski definition) is 0. The lowest BCUT2D eigenvalue weighted by Crippen LogP contribution is -2.50. The number of piperazine rings is 1. The first-order valence-corrected chi connectivity index (χ1v) is 10.4. The third-order valence-electron chi connectivity index (χ3n) is 5.25. The Hall–Kier alpha value is -3.19. The predicted octanol–water partition coefficient (Wildman–Crippen LogP) is 4.05. The van der Waals surface area contributed by atoms with Crippen LogP contribution in [-0.2, 0) is 11.2 Å². The Morgan fingerprint density at radius 2 is 1.74 bits per heavy atom. The van der Waals surface area contributed by atoms with Gasteiger partial charge in [-0.3, -0.25) is 9.59 Å². The lowest BCUT2D eigenvalue weighted by Gasteiger charge is -2.35. The molecule has 2 amide bonds. The average Bonchev–Trinajstić information content (AvgIpc) is 3.27. The molecular weight excluding hydrogens is 421 g/mol. The molecule has 6 nitrogen and oxygen atoms in total. The van der Waals surface area contributed by atoms with E-state index in [2.05, 4.69) is 4.98 Å². The highest BCUT2D eigenvalue weighted by Crippen LogP contribution is 2.22. The van der Waals surface area contributed by atoms with Crippen molar-refractivity contribution in [3.63, 3.8) is 0 Å². The van der Waals surface area contributed by atoms with Crippen LogP contribution in [0.1, 0.15) is 22.7 Å². The van der Waals surface area contributed by atoms with Crippen molar-refractivity contribution in [2.45, 2.75) is 12.8 Å². The maximum atomic E-state index is 13.2. The van der Waals surface area contributed by atoms with E-state index < -0.39 is 5.82 Å². The zero-order valence-electron chi connectivity index (χ0n) is 16.8. The molecule has 2 heterocycles. The summed E-state index contributed by atoms with van der Waals surface area (Å²) in [6.45, 7) is 1.67. The first-order chi connectivity index (χ1) is 15.0. The number of nitrogens with zero attached hydrogens (tertiary/aromatic N) is 3. The Morgan fingerprint density at radius 3 is 2.45 bits per heavy atom. The van der Waals surface area contributed by atoms with E-state index in [1.807, 2.05) is 30.3 Å². The quantitative estimate of drug-likeness (QED) is 0.599. The SMILES string of the molecule is O=C(CCc1ncc(-c2ccccc2)o1)N1CCN(C(=O)c2ccc(F)cc2Cl)CC1. The Balaban J connectivity index is 1.28. The van der Waals surface area contributed by atoms with Gasteiger partial charge in [-0.1, -0.05) is 41.9 Å². The van der Waals surface area contributed by atoms with Gasteiger partial charge in [0.05, 0.1) is 16.8 Å². The second-order valence-electron chi connectivity index (χ2n) is 7.28. The molecule has 3 aromatic rings. The highest BCUT2D eigenvalue weighted by atomic mass is 35.5. The molecule has 0 unspecified atom stereocenters. The first-order valence-electron chi connectivity index (χ1n) is 10.0. The van der Waals surface area contributed by atoms with Crippen LogP contribution in [0.2, 0.25) is 5.02 Å². The number of aryl methyl sites for hydroxylation is 1. The summed E-state index contributed by atoms with van der Waals surface area (Å²) < 4.78 is 19.0. The number of carbonyl (C=O) groups excluding carboxylic acids is 2. The molecule has 0 N–H and O–H groups in total. The van der Waals surface area contributed by atoms with Crippen LogP contribution >= 0.6 is 11.6 Å². The van der Waals surface area contributed by atoms with E-state index >= 15 is 0 Å². The largest absolute Gasteiger partial charge is 0.441 e. The minimum atomic E-state index is -0.487. The van der Waals surface area contributed by atoms with E-state index in [-0.39, 0.29) is 28.8 Å². The summed E-state index contributed by atoms with van der Waals surface area (Å²) in [7, 11) is 0. The minimum Gasteiger partial charge on any atom is -0.441 e. The third-order valence-corrected chi connectivity index (χ3v) is 5.56. The van der Waals surface area contributed by atoms with E-state index in [9.17, 15) is 14.0 Å². The van der Waals surface area contributed by atoms with Gasteiger partial charge in [-0.05, 0) is 18.2 Å². The monoisotopic (exact) mass is 441 g/mol. The molecule has 0 bridgehead atoms. The number of rotatable bonds is 5. The van der Waals surface area contributed by atoms with E-state index in [0.717, 1.165) is 11.6 Å². The van der Waals surface area contributed by atoms with Gasteiger partial charge < -0.3 is 14.2 Å². The van der Waals surface area contributed by atoms with Crippen LogP contribution < -0.4 is 0 Å². The maximum Gasteiger partial charge on any atom is 0.255 e. The highest BCUT2D eigenvalue weighted by Gasteiger charge is 2.26. The fourth-order valence-electron chi connectivity index (χ4n) is 3.53. The van der Waals surface area contributed by atoms with Crippen molar-refractivity contribution in [3.05, 3.63) is 77.0 Å². The summed E-state index contributed by atoms with van der Waals surface area (Å²) in [5.74, 6) is 0.442. The van der Waals surface area contributed by atoms with Crippen LogP contribution in [-0.4, -0.2) is 52.8 Å². The zero-order valence-corrected chi connectivity index (χ0v) is 17.5. The molecule has 1 saturated heterocycles. The minimum absolute atomic E-state index is 0.00799. The number of aromatic nitrogens is 1. The predicted molar refractivity (Wildman–Crippen MR) is 114 cm³/mol. The van der Waals surface area contributed by atoms with Gasteiger partial charge in [0.15, 0.2) is 11.7 Å². The maximum absolute atomic E-state index is 13.2. The zero-order chi connectivity index (χ0) is 21.8. The molecule has 160 valence electrons. The molecule has 1 aromatic heterocycles. The second kappa shape index (κ2) is 9.31. The molecule has 0 radical (unpaired) electrons. The number of benzene rings is 2. The number of carbonyl (C=O) groups is 2. The van der Waals surface area contributed by atoms with Gasteiger partial charge >= 0.3 is 0 Å². The van der Waals surface area contributed by atoms with Gasteiger partial charge in [-0.25, -0.2) is 9.37 Å². The van der Waals surface area contributed by atoms with Gasteiger partial charge in [0.1, 0.15) is 5.82 Å². The van der Waals surface area contributed by atoms with Crippen molar-refractivity contribution in [1.82, 2.24) is 14.8 Å². The molecule has 1 fully saturated rings. The number of oxazole rings is 1. The van der Waals surface area contributed by atoms with Crippen molar-refractivity contribution in [3.8, 4) is 11.3 Å². The molecule has 8 heteroatoms. The Bertz CT molecular complexity index is 1080. The van der Waals surface area contributed by atoms with Crippen LogP contribution in [0.3, 0.4) is 0 Å². The molecule has 0 aliphatic carbocycles. The van der Waals surface area contributed by atoms with Gasteiger partial charge in [-0.15, -0.1) is 0 Å². The molecule has 4 rings (SSSR count). The van der Waals surface area contributed by atoms with Crippen LogP contribution in [0, 0.1) is 5.82 Å². The molecule has 2 aromatic carbocycles. The Morgan fingerprint density at radius 1 is 1.03 bits per heavy atom. The van der Waals surface area contributed by atoms with Crippen LogP contribution in [0.5, 0.6) is 0 Å². The summed E-state index contributed by atoms with van der Waals surface area (Å²) >= 11 is 6.00. The lowest BCUT2D eigenvalue weighted by molar-refractivity contribution is -0.132. The van der Waals surface area contributed by atoms with E-state index in [1.54, 1.807) is 16.0 Å². The van der Waals surface area contributed by atoms with Crippen molar-refractivity contribution in [2.24, 2.45) is 0 Å². The molecule has 31 heavy (non-hydrogen) atoms. The van der Waals surface area contributed by atoms with Crippen molar-refractivity contribution in [1.29, 1.82) is 0 Å². The lowest BCUT2D eigenvalue weighted by atomic mass is 10.1. The van der Waals surface area contributed by atoms with Crippen LogP contribution in [0.25, 0.3) is 11.3 Å².